The van der Waals surface area contributed by atoms with Crippen LogP contribution in [0.3, 0.4) is 0 Å². The Bertz CT molecular complexity index is 885. The molecule has 0 atom stereocenters. The first-order valence-electron chi connectivity index (χ1n) is 6.20. The van der Waals surface area contributed by atoms with Gasteiger partial charge in [0.25, 0.3) is 6.43 Å². The highest BCUT2D eigenvalue weighted by atomic mass is 32.1. The Hall–Kier alpha value is -2.20. The van der Waals surface area contributed by atoms with Crippen molar-refractivity contribution >= 4 is 22.4 Å². The third kappa shape index (κ3) is 2.29. The number of rotatable bonds is 4. The molecular weight excluding hydrogens is 319 g/mol. The van der Waals surface area contributed by atoms with E-state index >= 15 is 0 Å². The van der Waals surface area contributed by atoms with Crippen molar-refractivity contribution < 1.29 is 13.2 Å². The first-order chi connectivity index (χ1) is 10.5. The Kier molecular flexibility index (Phi) is 3.71. The standard InChI is InChI=1S/C12H10F3N5OS/c1-16-5-19-8-4-6(13)2-3-7(8)20(12(19)21)11-18-17-10(22-11)9(14)15/h2-4,9,16H,5H2,1H3. The molecule has 10 heteroatoms. The lowest BCUT2D eigenvalue weighted by Crippen LogP contribution is -2.27. The summed E-state index contributed by atoms with van der Waals surface area (Å²) in [6, 6.07) is 3.80. The maximum atomic E-state index is 13.4. The molecule has 0 bridgehead atoms. The van der Waals surface area contributed by atoms with Crippen molar-refractivity contribution in [1.82, 2.24) is 24.6 Å². The number of hydrogen-bond acceptors (Lipinski definition) is 5. The minimum atomic E-state index is -2.76. The Balaban J connectivity index is 2.28. The van der Waals surface area contributed by atoms with Crippen LogP contribution in [0.4, 0.5) is 13.2 Å². The topological polar surface area (TPSA) is 64.7 Å². The minimum Gasteiger partial charge on any atom is -0.303 e. The first-order valence-corrected chi connectivity index (χ1v) is 7.02. The molecule has 6 nitrogen and oxygen atoms in total. The van der Waals surface area contributed by atoms with Crippen LogP contribution in [-0.2, 0) is 6.67 Å². The second kappa shape index (κ2) is 5.54. The van der Waals surface area contributed by atoms with Crippen LogP contribution in [0.2, 0.25) is 0 Å². The highest BCUT2D eigenvalue weighted by Crippen LogP contribution is 2.26. The van der Waals surface area contributed by atoms with Gasteiger partial charge in [-0.2, -0.15) is 0 Å². The van der Waals surface area contributed by atoms with Gasteiger partial charge in [0.15, 0.2) is 5.01 Å². The first kappa shape index (κ1) is 14.7. The van der Waals surface area contributed by atoms with E-state index in [9.17, 15) is 18.0 Å². The van der Waals surface area contributed by atoms with E-state index < -0.39 is 22.9 Å². The summed E-state index contributed by atoms with van der Waals surface area (Å²) in [6.07, 6.45) is -2.76. The molecule has 0 aliphatic heterocycles. The van der Waals surface area contributed by atoms with E-state index in [2.05, 4.69) is 15.5 Å². The molecule has 0 unspecified atom stereocenters. The zero-order valence-corrected chi connectivity index (χ0v) is 12.1. The maximum absolute atomic E-state index is 13.4. The molecule has 0 aliphatic carbocycles. The minimum absolute atomic E-state index is 0.0201. The number of alkyl halides is 2. The van der Waals surface area contributed by atoms with Gasteiger partial charge in [-0.25, -0.2) is 22.5 Å². The van der Waals surface area contributed by atoms with Crippen LogP contribution in [-0.4, -0.2) is 26.4 Å². The average Bonchev–Trinajstić information content (AvgIpc) is 3.04. The molecule has 22 heavy (non-hydrogen) atoms. The van der Waals surface area contributed by atoms with E-state index in [1.54, 1.807) is 7.05 Å². The lowest BCUT2D eigenvalue weighted by molar-refractivity contribution is 0.150. The maximum Gasteiger partial charge on any atom is 0.336 e. The third-order valence-corrected chi connectivity index (χ3v) is 3.93. The SMILES string of the molecule is CNCn1c(=O)n(-c2nnc(C(F)F)s2)c2ccc(F)cc21. The van der Waals surface area contributed by atoms with Gasteiger partial charge in [0.2, 0.25) is 5.13 Å². The Morgan fingerprint density at radius 3 is 2.73 bits per heavy atom. The van der Waals surface area contributed by atoms with Crippen LogP contribution in [0, 0.1) is 5.82 Å². The smallest absolute Gasteiger partial charge is 0.303 e. The van der Waals surface area contributed by atoms with E-state index in [4.69, 9.17) is 0 Å². The van der Waals surface area contributed by atoms with Gasteiger partial charge in [-0.3, -0.25) is 4.57 Å². The van der Waals surface area contributed by atoms with Crippen molar-refractivity contribution in [2.45, 2.75) is 13.1 Å². The van der Waals surface area contributed by atoms with Gasteiger partial charge in [0.1, 0.15) is 5.82 Å². The van der Waals surface area contributed by atoms with E-state index in [1.807, 2.05) is 0 Å². The second-order valence-corrected chi connectivity index (χ2v) is 5.40. The Morgan fingerprint density at radius 2 is 2.09 bits per heavy atom. The van der Waals surface area contributed by atoms with Crippen LogP contribution in [0.15, 0.2) is 23.0 Å². The summed E-state index contributed by atoms with van der Waals surface area (Å²) in [5, 5.41) is 9.36. The molecule has 0 fully saturated rings. The number of halogens is 3. The van der Waals surface area contributed by atoms with Gasteiger partial charge in [-0.1, -0.05) is 11.3 Å². The van der Waals surface area contributed by atoms with E-state index in [1.165, 1.54) is 22.8 Å². The molecule has 1 N–H and O–H groups in total. The molecule has 3 rings (SSSR count). The van der Waals surface area contributed by atoms with Crippen molar-refractivity contribution in [2.24, 2.45) is 0 Å². The predicted octanol–water partition coefficient (Wildman–Crippen LogP) is 1.90. The lowest BCUT2D eigenvalue weighted by atomic mass is 10.3. The van der Waals surface area contributed by atoms with Gasteiger partial charge in [-0.15, -0.1) is 10.2 Å². The van der Waals surface area contributed by atoms with Gasteiger partial charge < -0.3 is 5.32 Å². The molecule has 0 spiro atoms. The van der Waals surface area contributed by atoms with Crippen molar-refractivity contribution in [3.05, 3.63) is 39.5 Å². The monoisotopic (exact) mass is 329 g/mol. The number of nitrogens with zero attached hydrogens (tertiary/aromatic N) is 4. The molecule has 3 aromatic rings. The summed E-state index contributed by atoms with van der Waals surface area (Å²) in [6.45, 7) is 0.145. The quantitative estimate of drug-likeness (QED) is 0.794. The van der Waals surface area contributed by atoms with Crippen LogP contribution >= 0.6 is 11.3 Å². The van der Waals surface area contributed by atoms with Crippen LogP contribution < -0.4 is 11.0 Å². The summed E-state index contributed by atoms with van der Waals surface area (Å²) in [5.74, 6) is -0.500. The van der Waals surface area contributed by atoms with E-state index in [0.29, 0.717) is 22.4 Å². The number of aromatic nitrogens is 4. The molecule has 2 heterocycles. The highest BCUT2D eigenvalue weighted by molar-refractivity contribution is 7.13. The summed E-state index contributed by atoms with van der Waals surface area (Å²) in [5.41, 5.74) is 0.207. The van der Waals surface area contributed by atoms with Crippen LogP contribution in [0.1, 0.15) is 11.4 Å². The number of imidazole rings is 1. The highest BCUT2D eigenvalue weighted by Gasteiger charge is 2.20. The molecule has 0 saturated heterocycles. The second-order valence-electron chi connectivity index (χ2n) is 4.41. The van der Waals surface area contributed by atoms with Gasteiger partial charge >= 0.3 is 5.69 Å². The molecule has 2 aromatic heterocycles. The molecule has 1 aromatic carbocycles. The molecular formula is C12H10F3N5OS. The molecule has 0 aliphatic rings. The Morgan fingerprint density at radius 1 is 1.32 bits per heavy atom. The van der Waals surface area contributed by atoms with Crippen molar-refractivity contribution in [3.8, 4) is 5.13 Å². The molecule has 0 radical (unpaired) electrons. The van der Waals surface area contributed by atoms with Crippen molar-refractivity contribution in [3.63, 3.8) is 0 Å². The summed E-state index contributed by atoms with van der Waals surface area (Å²) < 4.78 is 41.2. The summed E-state index contributed by atoms with van der Waals surface area (Å²) in [4.78, 5) is 12.5. The van der Waals surface area contributed by atoms with Crippen molar-refractivity contribution in [1.29, 1.82) is 0 Å². The van der Waals surface area contributed by atoms with Gasteiger partial charge in [0.05, 0.1) is 17.7 Å². The van der Waals surface area contributed by atoms with Gasteiger partial charge in [-0.05, 0) is 25.2 Å². The zero-order valence-electron chi connectivity index (χ0n) is 11.3. The predicted molar refractivity (Wildman–Crippen MR) is 75.0 cm³/mol. The zero-order chi connectivity index (χ0) is 15.9. The summed E-state index contributed by atoms with van der Waals surface area (Å²) >= 11 is 0.622. The number of fused-ring (bicyclic) bond motifs is 1. The number of benzene rings is 1. The lowest BCUT2D eigenvalue weighted by Gasteiger charge is -2.00. The van der Waals surface area contributed by atoms with Crippen LogP contribution in [0.25, 0.3) is 16.2 Å². The molecule has 0 saturated carbocycles. The average molecular weight is 329 g/mol. The number of hydrogen-bond donors (Lipinski definition) is 1. The van der Waals surface area contributed by atoms with E-state index in [-0.39, 0.29) is 11.8 Å². The molecule has 0 amide bonds. The van der Waals surface area contributed by atoms with Crippen LogP contribution in [0.5, 0.6) is 0 Å². The largest absolute Gasteiger partial charge is 0.336 e. The van der Waals surface area contributed by atoms with E-state index in [0.717, 1.165) is 4.57 Å². The number of nitrogens with one attached hydrogen (secondary N) is 1. The normalized spacial score (nSPS) is 11.7. The van der Waals surface area contributed by atoms with Gasteiger partial charge in [0, 0.05) is 0 Å². The Labute approximate surface area is 125 Å². The third-order valence-electron chi connectivity index (χ3n) is 3.02. The fourth-order valence-electron chi connectivity index (χ4n) is 2.13. The fourth-order valence-corrected chi connectivity index (χ4v) is 2.84. The fraction of sp³-hybridized carbons (Fsp3) is 0.250. The van der Waals surface area contributed by atoms with Crippen molar-refractivity contribution in [2.75, 3.05) is 7.05 Å². The summed E-state index contributed by atoms with van der Waals surface area (Å²) in [7, 11) is 1.63. The molecule has 116 valence electrons.